The van der Waals surface area contributed by atoms with Crippen LogP contribution in [0.1, 0.15) is 28.1 Å². The predicted molar refractivity (Wildman–Crippen MR) is 119 cm³/mol. The number of hydrogen-bond donors (Lipinski definition) is 0. The molecule has 1 amide bonds. The largest absolute Gasteiger partial charge is 0.496 e. The van der Waals surface area contributed by atoms with Gasteiger partial charge in [-0.3, -0.25) is 4.79 Å². The number of fused-ring (bicyclic) bond motifs is 3. The highest BCUT2D eigenvalue weighted by Crippen LogP contribution is 2.48. The van der Waals surface area contributed by atoms with Crippen LogP contribution in [0.25, 0.3) is 10.8 Å². The van der Waals surface area contributed by atoms with Gasteiger partial charge >= 0.3 is 0 Å². The zero-order valence-corrected chi connectivity index (χ0v) is 18.4. The van der Waals surface area contributed by atoms with Gasteiger partial charge in [0.15, 0.2) is 0 Å². The zero-order valence-electron chi connectivity index (χ0n) is 15.4. The summed E-state index contributed by atoms with van der Waals surface area (Å²) in [7, 11) is 1.63. The second kappa shape index (κ2) is 7.88. The van der Waals surface area contributed by atoms with E-state index in [0.29, 0.717) is 0 Å². The van der Waals surface area contributed by atoms with Gasteiger partial charge in [-0.15, -0.1) is 11.6 Å². The summed E-state index contributed by atoms with van der Waals surface area (Å²) in [6, 6.07) is 19.1. The van der Waals surface area contributed by atoms with Crippen molar-refractivity contribution in [2.45, 2.75) is 15.2 Å². The van der Waals surface area contributed by atoms with Crippen LogP contribution >= 0.6 is 46.4 Å². The van der Waals surface area contributed by atoms with Crippen molar-refractivity contribution in [3.8, 4) is 5.75 Å². The molecular weight excluding hydrogens is 452 g/mol. The molecule has 7 heteroatoms. The van der Waals surface area contributed by atoms with Gasteiger partial charge in [-0.05, 0) is 28.1 Å². The molecule has 0 aromatic heterocycles. The molecule has 0 spiro atoms. The van der Waals surface area contributed by atoms with Crippen LogP contribution in [0, 0.1) is 0 Å². The predicted octanol–water partition coefficient (Wildman–Crippen LogP) is 6.43. The van der Waals surface area contributed by atoms with Crippen molar-refractivity contribution in [2.75, 3.05) is 13.7 Å². The molecule has 0 aliphatic carbocycles. The maximum atomic E-state index is 13.1. The lowest BCUT2D eigenvalue weighted by molar-refractivity contribution is -0.132. The van der Waals surface area contributed by atoms with Crippen LogP contribution in [0.4, 0.5) is 0 Å². The van der Waals surface area contributed by atoms with Crippen LogP contribution in [0.5, 0.6) is 5.75 Å². The number of methoxy groups -OCH3 is 1. The summed E-state index contributed by atoms with van der Waals surface area (Å²) in [4.78, 5) is 14.6. The van der Waals surface area contributed by atoms with E-state index in [2.05, 4.69) is 0 Å². The molecule has 1 aliphatic heterocycles. The standard InChI is InChI=1S/C22H17Cl4NO2/c1-29-18-11-16-17(23)12-27(21(28)22(24,25)26)20(13-7-3-2-4-8-13)19(16)15-10-6-5-9-14(15)18/h2-11,17,20H,12H2,1H3/t17-,20+/m1/s1. The molecule has 0 fully saturated rings. The molecule has 2 atom stereocenters. The third-order valence-electron chi connectivity index (χ3n) is 5.20. The zero-order chi connectivity index (χ0) is 20.8. The molecule has 4 rings (SSSR count). The first kappa shape index (κ1) is 20.6. The average molecular weight is 469 g/mol. The first-order valence-corrected chi connectivity index (χ1v) is 10.6. The van der Waals surface area contributed by atoms with E-state index in [9.17, 15) is 4.79 Å². The summed E-state index contributed by atoms with van der Waals surface area (Å²) >= 11 is 24.7. The molecule has 1 aliphatic rings. The van der Waals surface area contributed by atoms with Gasteiger partial charge in [-0.1, -0.05) is 89.4 Å². The van der Waals surface area contributed by atoms with Crippen LogP contribution in [-0.2, 0) is 4.79 Å². The van der Waals surface area contributed by atoms with E-state index in [1.807, 2.05) is 60.7 Å². The van der Waals surface area contributed by atoms with Gasteiger partial charge in [0.1, 0.15) is 5.75 Å². The Morgan fingerprint density at radius 1 is 1.03 bits per heavy atom. The highest BCUT2D eigenvalue weighted by Gasteiger charge is 2.44. The van der Waals surface area contributed by atoms with Gasteiger partial charge in [0.25, 0.3) is 9.70 Å². The minimum Gasteiger partial charge on any atom is -0.496 e. The number of carbonyl (C=O) groups is 1. The third kappa shape index (κ3) is 3.66. The van der Waals surface area contributed by atoms with Gasteiger partial charge in [-0.25, -0.2) is 0 Å². The number of rotatable bonds is 2. The number of carbonyl (C=O) groups excluding carboxylic acids is 1. The Labute approximate surface area is 189 Å². The number of benzene rings is 3. The van der Waals surface area contributed by atoms with Crippen molar-refractivity contribution >= 4 is 63.1 Å². The lowest BCUT2D eigenvalue weighted by Crippen LogP contribution is -2.46. The Morgan fingerprint density at radius 3 is 2.28 bits per heavy atom. The Bertz CT molecular complexity index is 1070. The Kier molecular flexibility index (Phi) is 5.60. The normalized spacial score (nSPS) is 19.1. The summed E-state index contributed by atoms with van der Waals surface area (Å²) in [5.74, 6) is 0.130. The Morgan fingerprint density at radius 2 is 1.66 bits per heavy atom. The summed E-state index contributed by atoms with van der Waals surface area (Å²) < 4.78 is 3.53. The van der Waals surface area contributed by atoms with Crippen LogP contribution in [-0.4, -0.2) is 28.3 Å². The Hall–Kier alpha value is -1.65. The first-order chi connectivity index (χ1) is 13.8. The van der Waals surface area contributed by atoms with E-state index in [0.717, 1.165) is 33.2 Å². The quantitative estimate of drug-likeness (QED) is 0.405. The lowest BCUT2D eigenvalue weighted by Gasteiger charge is -2.41. The summed E-state index contributed by atoms with van der Waals surface area (Å²) in [5.41, 5.74) is 2.74. The topological polar surface area (TPSA) is 29.5 Å². The molecule has 0 unspecified atom stereocenters. The maximum absolute atomic E-state index is 13.1. The molecule has 0 saturated heterocycles. The van der Waals surface area contributed by atoms with Gasteiger partial charge in [-0.2, -0.15) is 0 Å². The van der Waals surface area contributed by atoms with Crippen LogP contribution in [0.2, 0.25) is 0 Å². The summed E-state index contributed by atoms with van der Waals surface area (Å²) in [6.07, 6.45) is 0. The van der Waals surface area contributed by atoms with Crippen LogP contribution < -0.4 is 4.74 Å². The maximum Gasteiger partial charge on any atom is 0.275 e. The van der Waals surface area contributed by atoms with Gasteiger partial charge < -0.3 is 9.64 Å². The second-order valence-electron chi connectivity index (χ2n) is 6.86. The summed E-state index contributed by atoms with van der Waals surface area (Å²) in [5, 5.41) is 1.41. The van der Waals surface area contributed by atoms with Crippen LogP contribution in [0.15, 0.2) is 60.7 Å². The lowest BCUT2D eigenvalue weighted by atomic mass is 9.84. The van der Waals surface area contributed by atoms with E-state index in [-0.39, 0.29) is 6.54 Å². The molecule has 0 bridgehead atoms. The number of nitrogens with zero attached hydrogens (tertiary/aromatic N) is 1. The number of halogens is 4. The molecule has 3 nitrogen and oxygen atoms in total. The molecule has 0 saturated carbocycles. The van der Waals surface area contributed by atoms with Crippen molar-refractivity contribution in [2.24, 2.45) is 0 Å². The average Bonchev–Trinajstić information content (AvgIpc) is 2.72. The van der Waals surface area contributed by atoms with Crippen molar-refractivity contribution in [1.29, 1.82) is 0 Å². The highest BCUT2D eigenvalue weighted by molar-refractivity contribution is 6.76. The third-order valence-corrected chi connectivity index (χ3v) is 6.06. The first-order valence-electron chi connectivity index (χ1n) is 8.99. The summed E-state index contributed by atoms with van der Waals surface area (Å²) in [6.45, 7) is 0.211. The minimum atomic E-state index is -2.08. The molecule has 0 radical (unpaired) electrons. The molecule has 3 aromatic carbocycles. The Balaban J connectivity index is 2.04. The fraction of sp³-hybridized carbons (Fsp3) is 0.227. The van der Waals surface area contributed by atoms with Crippen molar-refractivity contribution < 1.29 is 9.53 Å². The SMILES string of the molecule is COc1cc2c(c3ccccc13)[C@H](c1ccccc1)N(C(=O)C(Cl)(Cl)Cl)C[C@H]2Cl. The van der Waals surface area contributed by atoms with E-state index >= 15 is 0 Å². The van der Waals surface area contributed by atoms with Crippen molar-refractivity contribution in [3.05, 3.63) is 77.4 Å². The smallest absolute Gasteiger partial charge is 0.275 e. The number of ether oxygens (including phenoxy) is 1. The molecule has 29 heavy (non-hydrogen) atoms. The van der Waals surface area contributed by atoms with Gasteiger partial charge in [0, 0.05) is 11.9 Å². The van der Waals surface area contributed by atoms with E-state index in [1.165, 1.54) is 0 Å². The number of alkyl halides is 4. The van der Waals surface area contributed by atoms with Crippen molar-refractivity contribution in [1.82, 2.24) is 4.90 Å². The fourth-order valence-corrected chi connectivity index (χ4v) is 4.65. The van der Waals surface area contributed by atoms with E-state index in [4.69, 9.17) is 51.1 Å². The van der Waals surface area contributed by atoms with Crippen LogP contribution in [0.3, 0.4) is 0 Å². The minimum absolute atomic E-state index is 0.211. The van der Waals surface area contributed by atoms with E-state index in [1.54, 1.807) is 12.0 Å². The monoisotopic (exact) mass is 467 g/mol. The molecular formula is C22H17Cl4NO2. The van der Waals surface area contributed by atoms with Crippen molar-refractivity contribution in [3.63, 3.8) is 0 Å². The van der Waals surface area contributed by atoms with Gasteiger partial charge in [0.2, 0.25) is 0 Å². The fourth-order valence-electron chi connectivity index (χ4n) is 4.00. The number of hydrogen-bond acceptors (Lipinski definition) is 2. The molecule has 1 heterocycles. The molecule has 0 N–H and O–H groups in total. The number of amides is 1. The van der Waals surface area contributed by atoms with E-state index < -0.39 is 21.1 Å². The highest BCUT2D eigenvalue weighted by atomic mass is 35.6. The molecule has 150 valence electrons. The molecule has 3 aromatic rings. The second-order valence-corrected chi connectivity index (χ2v) is 9.67. The van der Waals surface area contributed by atoms with Gasteiger partial charge in [0.05, 0.1) is 18.5 Å².